The normalized spacial score (nSPS) is 11.9. The molecule has 0 aliphatic rings. The zero-order valence-corrected chi connectivity index (χ0v) is 5.18. The SMILES string of the molecule is C=C/C=C\C(F)=C/C=C. The van der Waals surface area contributed by atoms with Gasteiger partial charge in [0, 0.05) is 0 Å². The topological polar surface area (TPSA) is 0 Å². The predicted octanol–water partition coefficient (Wildman–Crippen LogP) is 2.77. The highest BCUT2D eigenvalue weighted by atomic mass is 19.1. The molecule has 0 saturated heterocycles. The molecule has 0 heterocycles. The number of halogens is 1. The van der Waals surface area contributed by atoms with Crippen LogP contribution < -0.4 is 0 Å². The number of allylic oxidation sites excluding steroid dienone is 6. The van der Waals surface area contributed by atoms with Crippen LogP contribution in [0.3, 0.4) is 0 Å². The highest BCUT2D eigenvalue weighted by molar-refractivity contribution is 5.18. The van der Waals surface area contributed by atoms with Crippen LogP contribution in [0.4, 0.5) is 4.39 Å². The van der Waals surface area contributed by atoms with E-state index in [-0.39, 0.29) is 5.83 Å². The maximum absolute atomic E-state index is 12.2. The molecule has 48 valence electrons. The van der Waals surface area contributed by atoms with Gasteiger partial charge in [-0.25, -0.2) is 4.39 Å². The van der Waals surface area contributed by atoms with Gasteiger partial charge in [-0.05, 0) is 12.2 Å². The lowest BCUT2D eigenvalue weighted by atomic mass is 10.4. The fourth-order valence-corrected chi connectivity index (χ4v) is 0.328. The lowest BCUT2D eigenvalue weighted by Gasteiger charge is -1.78. The third-order valence-corrected chi connectivity index (χ3v) is 0.669. The summed E-state index contributed by atoms with van der Waals surface area (Å²) in [5.74, 6) is -0.315. The molecule has 0 amide bonds. The van der Waals surface area contributed by atoms with Gasteiger partial charge in [0.1, 0.15) is 5.83 Å². The Bertz CT molecular complexity index is 152. The van der Waals surface area contributed by atoms with Crippen molar-refractivity contribution in [2.75, 3.05) is 0 Å². The van der Waals surface area contributed by atoms with E-state index in [9.17, 15) is 4.39 Å². The summed E-state index contributed by atoms with van der Waals surface area (Å²) >= 11 is 0. The molecule has 0 aliphatic carbocycles. The average molecular weight is 124 g/mol. The first-order valence-corrected chi connectivity index (χ1v) is 2.58. The van der Waals surface area contributed by atoms with Crippen molar-refractivity contribution < 1.29 is 4.39 Å². The first-order chi connectivity index (χ1) is 4.31. The van der Waals surface area contributed by atoms with Gasteiger partial charge in [-0.15, -0.1) is 0 Å². The quantitative estimate of drug-likeness (QED) is 0.507. The van der Waals surface area contributed by atoms with E-state index in [2.05, 4.69) is 13.2 Å². The summed E-state index contributed by atoms with van der Waals surface area (Å²) in [7, 11) is 0. The highest BCUT2D eigenvalue weighted by Crippen LogP contribution is 1.97. The second-order valence-corrected chi connectivity index (χ2v) is 1.38. The van der Waals surface area contributed by atoms with Crippen molar-refractivity contribution in [3.8, 4) is 0 Å². The van der Waals surface area contributed by atoms with Crippen molar-refractivity contribution in [2.24, 2.45) is 0 Å². The Morgan fingerprint density at radius 1 is 1.22 bits per heavy atom. The molecule has 0 rings (SSSR count). The molecular formula is C8H9F. The van der Waals surface area contributed by atoms with E-state index in [0.29, 0.717) is 0 Å². The molecule has 0 spiro atoms. The lowest BCUT2D eigenvalue weighted by molar-refractivity contribution is 0.667. The van der Waals surface area contributed by atoms with Crippen LogP contribution in [0.5, 0.6) is 0 Å². The summed E-state index contributed by atoms with van der Waals surface area (Å²) < 4.78 is 12.2. The number of hydrogen-bond donors (Lipinski definition) is 0. The Labute approximate surface area is 54.7 Å². The molecule has 0 N–H and O–H groups in total. The fraction of sp³-hybridized carbons (Fsp3) is 0. The second-order valence-electron chi connectivity index (χ2n) is 1.38. The number of hydrogen-bond acceptors (Lipinski definition) is 0. The summed E-state index contributed by atoms with van der Waals surface area (Å²) in [6.07, 6.45) is 7.02. The molecule has 0 atom stereocenters. The zero-order chi connectivity index (χ0) is 7.11. The molecule has 0 unspecified atom stereocenters. The molecule has 0 bridgehead atoms. The smallest absolute Gasteiger partial charge is 0.123 e. The molecule has 0 fully saturated rings. The van der Waals surface area contributed by atoms with Crippen LogP contribution in [0.25, 0.3) is 0 Å². The van der Waals surface area contributed by atoms with E-state index >= 15 is 0 Å². The first-order valence-electron chi connectivity index (χ1n) is 2.58. The molecule has 1 heteroatoms. The molecular weight excluding hydrogens is 115 g/mol. The van der Waals surface area contributed by atoms with Gasteiger partial charge >= 0.3 is 0 Å². The molecule has 0 saturated carbocycles. The van der Waals surface area contributed by atoms with Crippen LogP contribution in [0.1, 0.15) is 0 Å². The second kappa shape index (κ2) is 5.04. The van der Waals surface area contributed by atoms with E-state index < -0.39 is 0 Å². The fourth-order valence-electron chi connectivity index (χ4n) is 0.328. The van der Waals surface area contributed by atoms with Crippen molar-refractivity contribution >= 4 is 0 Å². The van der Waals surface area contributed by atoms with Crippen LogP contribution in [0, 0.1) is 0 Å². The van der Waals surface area contributed by atoms with Gasteiger partial charge in [0.15, 0.2) is 0 Å². The summed E-state index contributed by atoms with van der Waals surface area (Å²) in [6.45, 7) is 6.72. The van der Waals surface area contributed by atoms with E-state index in [0.717, 1.165) is 0 Å². The molecule has 0 aliphatic heterocycles. The van der Waals surface area contributed by atoms with Crippen molar-refractivity contribution in [3.05, 3.63) is 49.4 Å². The summed E-state index contributed by atoms with van der Waals surface area (Å²) in [6, 6.07) is 0. The van der Waals surface area contributed by atoms with Crippen LogP contribution in [-0.4, -0.2) is 0 Å². The van der Waals surface area contributed by atoms with Gasteiger partial charge in [0.05, 0.1) is 0 Å². The Balaban J connectivity index is 3.88. The first kappa shape index (κ1) is 7.89. The predicted molar refractivity (Wildman–Crippen MR) is 38.7 cm³/mol. The molecule has 0 aromatic carbocycles. The van der Waals surface area contributed by atoms with Gasteiger partial charge in [-0.3, -0.25) is 0 Å². The van der Waals surface area contributed by atoms with Crippen LogP contribution in [0.2, 0.25) is 0 Å². The third kappa shape index (κ3) is 4.75. The van der Waals surface area contributed by atoms with Crippen molar-refractivity contribution in [3.63, 3.8) is 0 Å². The Morgan fingerprint density at radius 2 is 1.89 bits per heavy atom. The van der Waals surface area contributed by atoms with Gasteiger partial charge in [0.25, 0.3) is 0 Å². The van der Waals surface area contributed by atoms with E-state index in [4.69, 9.17) is 0 Å². The third-order valence-electron chi connectivity index (χ3n) is 0.669. The minimum atomic E-state index is -0.315. The van der Waals surface area contributed by atoms with E-state index in [1.165, 1.54) is 30.4 Å². The monoisotopic (exact) mass is 124 g/mol. The summed E-state index contributed by atoms with van der Waals surface area (Å²) in [5.41, 5.74) is 0. The standard InChI is InChI=1S/C8H9F/c1-3-5-7-8(9)6-4-2/h3-7H,1-2H2/b7-5-,8-6+. The number of rotatable bonds is 3. The molecule has 9 heavy (non-hydrogen) atoms. The molecule has 0 radical (unpaired) electrons. The van der Waals surface area contributed by atoms with Crippen molar-refractivity contribution in [1.29, 1.82) is 0 Å². The Morgan fingerprint density at radius 3 is 2.33 bits per heavy atom. The van der Waals surface area contributed by atoms with Crippen LogP contribution >= 0.6 is 0 Å². The maximum atomic E-state index is 12.2. The van der Waals surface area contributed by atoms with Crippen molar-refractivity contribution in [1.82, 2.24) is 0 Å². The van der Waals surface area contributed by atoms with Crippen LogP contribution in [0.15, 0.2) is 49.4 Å². The van der Waals surface area contributed by atoms with E-state index in [1.54, 1.807) is 0 Å². The largest absolute Gasteiger partial charge is 0.207 e. The van der Waals surface area contributed by atoms with Gasteiger partial charge in [-0.1, -0.05) is 31.4 Å². The minimum absolute atomic E-state index is 0.315. The minimum Gasteiger partial charge on any atom is -0.207 e. The van der Waals surface area contributed by atoms with E-state index in [1.807, 2.05) is 0 Å². The molecule has 0 aromatic rings. The molecule has 0 nitrogen and oxygen atoms in total. The lowest BCUT2D eigenvalue weighted by Crippen LogP contribution is -1.59. The van der Waals surface area contributed by atoms with Crippen molar-refractivity contribution in [2.45, 2.75) is 0 Å². The van der Waals surface area contributed by atoms with Gasteiger partial charge in [0.2, 0.25) is 0 Å². The van der Waals surface area contributed by atoms with Gasteiger partial charge in [-0.2, -0.15) is 0 Å². The Kier molecular flexibility index (Phi) is 4.41. The van der Waals surface area contributed by atoms with Crippen LogP contribution in [-0.2, 0) is 0 Å². The Hall–Kier alpha value is -1.11. The summed E-state index contributed by atoms with van der Waals surface area (Å²) in [5, 5.41) is 0. The summed E-state index contributed by atoms with van der Waals surface area (Å²) in [4.78, 5) is 0. The van der Waals surface area contributed by atoms with Gasteiger partial charge < -0.3 is 0 Å². The average Bonchev–Trinajstić information content (AvgIpc) is 1.85. The molecule has 0 aromatic heterocycles. The zero-order valence-electron chi connectivity index (χ0n) is 5.18. The highest BCUT2D eigenvalue weighted by Gasteiger charge is 1.78. The maximum Gasteiger partial charge on any atom is 0.123 e.